The molecule has 158 valence electrons. The van der Waals surface area contributed by atoms with E-state index in [4.69, 9.17) is 4.74 Å². The topological polar surface area (TPSA) is 71.5 Å². The second kappa shape index (κ2) is 8.78. The lowest BCUT2D eigenvalue weighted by Gasteiger charge is -2.15. The van der Waals surface area contributed by atoms with Crippen LogP contribution in [0.2, 0.25) is 0 Å². The lowest BCUT2D eigenvalue weighted by atomic mass is 10.0. The number of carbonyl (C=O) groups is 1. The summed E-state index contributed by atoms with van der Waals surface area (Å²) in [6.45, 7) is 6.07. The Kier molecular flexibility index (Phi) is 5.91. The van der Waals surface area contributed by atoms with Crippen LogP contribution in [0, 0.1) is 6.92 Å². The SMILES string of the molecule is Cc1ccc(C(C)C)c(OCC(=O)Nc2ccc(-c3nc4ccccc4s3)c(O)c2)c1. The van der Waals surface area contributed by atoms with Gasteiger partial charge < -0.3 is 15.2 Å². The van der Waals surface area contributed by atoms with E-state index < -0.39 is 0 Å². The fraction of sp³-hybridized carbons (Fsp3) is 0.200. The third-order valence-corrected chi connectivity index (χ3v) is 6.03. The maximum Gasteiger partial charge on any atom is 0.262 e. The highest BCUT2D eigenvalue weighted by atomic mass is 32.1. The number of hydrogen-bond acceptors (Lipinski definition) is 5. The molecule has 0 radical (unpaired) electrons. The third-order valence-electron chi connectivity index (χ3n) is 4.96. The molecule has 0 unspecified atom stereocenters. The van der Waals surface area contributed by atoms with Crippen molar-refractivity contribution in [2.45, 2.75) is 26.7 Å². The number of nitrogens with one attached hydrogen (secondary N) is 1. The second-order valence-corrected chi connectivity index (χ2v) is 8.78. The first-order valence-corrected chi connectivity index (χ1v) is 10.9. The molecule has 0 saturated carbocycles. The number of rotatable bonds is 6. The van der Waals surface area contributed by atoms with E-state index in [1.165, 1.54) is 17.4 Å². The molecule has 5 nitrogen and oxygen atoms in total. The Bertz CT molecular complexity index is 1210. The molecule has 1 aromatic heterocycles. The molecule has 31 heavy (non-hydrogen) atoms. The highest BCUT2D eigenvalue weighted by molar-refractivity contribution is 7.21. The number of fused-ring (bicyclic) bond motifs is 1. The number of aromatic hydroxyl groups is 1. The van der Waals surface area contributed by atoms with Gasteiger partial charge >= 0.3 is 0 Å². The number of hydrogen-bond donors (Lipinski definition) is 2. The van der Waals surface area contributed by atoms with Gasteiger partial charge in [0.1, 0.15) is 16.5 Å². The molecule has 0 aliphatic heterocycles. The first-order valence-electron chi connectivity index (χ1n) is 10.1. The van der Waals surface area contributed by atoms with Crippen LogP contribution in [-0.4, -0.2) is 22.6 Å². The van der Waals surface area contributed by atoms with Crippen LogP contribution in [0.5, 0.6) is 11.5 Å². The number of anilines is 1. The standard InChI is InChI=1S/C25H24N2O3S/c1-15(2)18-10-8-16(3)12-22(18)30-14-24(29)26-17-9-11-19(21(28)13-17)25-27-20-6-4-5-7-23(20)31-25/h4-13,15,28H,14H2,1-3H3,(H,26,29). The van der Waals surface area contributed by atoms with Gasteiger partial charge in [-0.2, -0.15) is 0 Å². The minimum Gasteiger partial charge on any atom is -0.507 e. The summed E-state index contributed by atoms with van der Waals surface area (Å²) in [5.74, 6) is 0.798. The van der Waals surface area contributed by atoms with Gasteiger partial charge in [0.25, 0.3) is 5.91 Å². The van der Waals surface area contributed by atoms with Crippen LogP contribution in [0.4, 0.5) is 5.69 Å². The average molecular weight is 433 g/mol. The highest BCUT2D eigenvalue weighted by Gasteiger charge is 2.13. The molecule has 2 N–H and O–H groups in total. The molecule has 0 saturated heterocycles. The first kappa shape index (κ1) is 20.9. The van der Waals surface area contributed by atoms with E-state index in [2.05, 4.69) is 24.1 Å². The molecule has 0 fully saturated rings. The second-order valence-electron chi connectivity index (χ2n) is 7.75. The summed E-state index contributed by atoms with van der Waals surface area (Å²) in [7, 11) is 0. The summed E-state index contributed by atoms with van der Waals surface area (Å²) in [5.41, 5.74) is 4.18. The monoisotopic (exact) mass is 432 g/mol. The summed E-state index contributed by atoms with van der Waals surface area (Å²) in [4.78, 5) is 17.0. The van der Waals surface area contributed by atoms with Gasteiger partial charge in [-0.05, 0) is 54.3 Å². The summed E-state index contributed by atoms with van der Waals surface area (Å²) in [6, 6.07) is 18.9. The highest BCUT2D eigenvalue weighted by Crippen LogP contribution is 2.36. The van der Waals surface area contributed by atoms with Crippen molar-refractivity contribution in [1.29, 1.82) is 0 Å². The van der Waals surface area contributed by atoms with Gasteiger partial charge in [0.2, 0.25) is 0 Å². The average Bonchev–Trinajstić information content (AvgIpc) is 3.16. The number of aromatic nitrogens is 1. The third kappa shape index (κ3) is 4.70. The number of nitrogens with zero attached hydrogens (tertiary/aromatic N) is 1. The zero-order valence-corrected chi connectivity index (χ0v) is 18.5. The number of amides is 1. The molecule has 0 atom stereocenters. The summed E-state index contributed by atoms with van der Waals surface area (Å²) in [5, 5.41) is 14.0. The van der Waals surface area contributed by atoms with Gasteiger partial charge in [0.15, 0.2) is 6.61 Å². The maximum atomic E-state index is 12.4. The van der Waals surface area contributed by atoms with E-state index in [-0.39, 0.29) is 18.3 Å². The quantitative estimate of drug-likeness (QED) is 0.385. The normalized spacial score (nSPS) is 11.1. The molecule has 1 heterocycles. The van der Waals surface area contributed by atoms with Crippen molar-refractivity contribution in [2.75, 3.05) is 11.9 Å². The Hall–Kier alpha value is -3.38. The number of thiazole rings is 1. The van der Waals surface area contributed by atoms with Gasteiger partial charge in [-0.25, -0.2) is 4.98 Å². The van der Waals surface area contributed by atoms with Crippen molar-refractivity contribution in [3.8, 4) is 22.1 Å². The van der Waals surface area contributed by atoms with E-state index in [1.807, 2.05) is 49.4 Å². The Morgan fingerprint density at radius 3 is 2.68 bits per heavy atom. The summed E-state index contributed by atoms with van der Waals surface area (Å²) >= 11 is 1.52. The van der Waals surface area contributed by atoms with Crippen LogP contribution in [-0.2, 0) is 4.79 Å². The first-order chi connectivity index (χ1) is 14.9. The lowest BCUT2D eigenvalue weighted by molar-refractivity contribution is -0.118. The molecule has 4 aromatic rings. The van der Waals surface area contributed by atoms with E-state index in [0.717, 1.165) is 32.1 Å². The van der Waals surface area contributed by atoms with Gasteiger partial charge in [-0.15, -0.1) is 11.3 Å². The molecule has 0 aliphatic carbocycles. The predicted molar refractivity (Wildman–Crippen MR) is 126 cm³/mol. The van der Waals surface area contributed by atoms with Gasteiger partial charge in [-0.3, -0.25) is 4.79 Å². The van der Waals surface area contributed by atoms with Gasteiger partial charge in [0.05, 0.1) is 15.8 Å². The molecule has 4 rings (SSSR count). The number of carbonyl (C=O) groups excluding carboxylic acids is 1. The molecular formula is C25H24N2O3S. The van der Waals surface area contributed by atoms with Crippen LogP contribution < -0.4 is 10.1 Å². The lowest BCUT2D eigenvalue weighted by Crippen LogP contribution is -2.20. The van der Waals surface area contributed by atoms with Crippen LogP contribution in [0.25, 0.3) is 20.8 Å². The van der Waals surface area contributed by atoms with Crippen LogP contribution in [0.15, 0.2) is 60.7 Å². The summed E-state index contributed by atoms with van der Waals surface area (Å²) < 4.78 is 6.85. The van der Waals surface area contributed by atoms with Crippen LogP contribution in [0.1, 0.15) is 30.9 Å². The van der Waals surface area contributed by atoms with E-state index >= 15 is 0 Å². The van der Waals surface area contributed by atoms with Crippen molar-refractivity contribution in [1.82, 2.24) is 4.98 Å². The largest absolute Gasteiger partial charge is 0.507 e. The summed E-state index contributed by atoms with van der Waals surface area (Å²) in [6.07, 6.45) is 0. The molecule has 0 spiro atoms. The Labute approximate surface area is 185 Å². The number of para-hydroxylation sites is 1. The van der Waals surface area contributed by atoms with Crippen molar-refractivity contribution in [3.63, 3.8) is 0 Å². The Morgan fingerprint density at radius 1 is 1.13 bits per heavy atom. The number of aryl methyl sites for hydroxylation is 1. The fourth-order valence-electron chi connectivity index (χ4n) is 3.36. The molecule has 3 aromatic carbocycles. The maximum absolute atomic E-state index is 12.4. The zero-order chi connectivity index (χ0) is 22.0. The number of phenols is 1. The van der Waals surface area contributed by atoms with Gasteiger partial charge in [-0.1, -0.05) is 38.1 Å². The van der Waals surface area contributed by atoms with Crippen LogP contribution in [0.3, 0.4) is 0 Å². The molecule has 0 aliphatic rings. The molecular weight excluding hydrogens is 408 g/mol. The number of benzene rings is 3. The molecule has 6 heteroatoms. The minimum absolute atomic E-state index is 0.0681. The number of phenolic OH excluding ortho intramolecular Hbond substituents is 1. The fourth-order valence-corrected chi connectivity index (χ4v) is 4.36. The van der Waals surface area contributed by atoms with E-state index in [9.17, 15) is 9.90 Å². The smallest absolute Gasteiger partial charge is 0.262 e. The van der Waals surface area contributed by atoms with E-state index in [0.29, 0.717) is 17.2 Å². The van der Waals surface area contributed by atoms with Crippen molar-refractivity contribution < 1.29 is 14.6 Å². The van der Waals surface area contributed by atoms with Crippen LogP contribution >= 0.6 is 11.3 Å². The van der Waals surface area contributed by atoms with Crippen molar-refractivity contribution in [2.24, 2.45) is 0 Å². The van der Waals surface area contributed by atoms with Gasteiger partial charge in [0, 0.05) is 11.8 Å². The van der Waals surface area contributed by atoms with Crippen molar-refractivity contribution in [3.05, 3.63) is 71.8 Å². The zero-order valence-electron chi connectivity index (χ0n) is 17.7. The minimum atomic E-state index is -0.289. The number of ether oxygens (including phenoxy) is 1. The Balaban J connectivity index is 1.45. The molecule has 1 amide bonds. The van der Waals surface area contributed by atoms with Crippen molar-refractivity contribution >= 4 is 33.1 Å². The van der Waals surface area contributed by atoms with E-state index in [1.54, 1.807) is 12.1 Å². The predicted octanol–water partition coefficient (Wildman–Crippen LogP) is 6.12. The Morgan fingerprint density at radius 2 is 1.94 bits per heavy atom. The molecule has 0 bridgehead atoms.